The van der Waals surface area contributed by atoms with Crippen molar-refractivity contribution in [2.45, 2.75) is 6.42 Å². The van der Waals surface area contributed by atoms with Crippen molar-refractivity contribution < 1.29 is 5.11 Å². The number of aromatic hydroxyl groups is 1. The molecule has 0 radical (unpaired) electrons. The van der Waals surface area contributed by atoms with Gasteiger partial charge in [0.05, 0.1) is 0 Å². The lowest BCUT2D eigenvalue weighted by molar-refractivity contribution is 0.475. The van der Waals surface area contributed by atoms with Crippen molar-refractivity contribution in [3.63, 3.8) is 0 Å². The first-order valence-electron chi connectivity index (χ1n) is 5.95. The molecule has 1 nitrogen and oxygen atoms in total. The van der Waals surface area contributed by atoms with E-state index in [9.17, 15) is 0 Å². The van der Waals surface area contributed by atoms with E-state index in [0.29, 0.717) is 5.75 Å². The molecule has 1 N–H and O–H groups in total. The Morgan fingerprint density at radius 1 is 0.611 bits per heavy atom. The molecule has 0 aliphatic heterocycles. The summed E-state index contributed by atoms with van der Waals surface area (Å²) >= 11 is 0. The minimum Gasteiger partial charge on any atom is -0.508 e. The van der Waals surface area contributed by atoms with E-state index in [1.807, 2.05) is 42.5 Å². The topological polar surface area (TPSA) is 20.2 Å². The molecule has 0 saturated carbocycles. The Balaban J connectivity index is 0.000000137. The minimum atomic E-state index is 0.322. The highest BCUT2D eigenvalue weighted by atomic mass is 16.3. The molecule has 0 saturated heterocycles. The van der Waals surface area contributed by atoms with Crippen molar-refractivity contribution in [1.29, 1.82) is 0 Å². The van der Waals surface area contributed by atoms with Gasteiger partial charge in [-0.1, -0.05) is 78.9 Å². The van der Waals surface area contributed by atoms with Gasteiger partial charge in [0.2, 0.25) is 0 Å². The lowest BCUT2D eigenvalue weighted by atomic mass is 10.3. The largest absolute Gasteiger partial charge is 0.508 e. The van der Waals surface area contributed by atoms with E-state index in [0.717, 1.165) is 6.42 Å². The van der Waals surface area contributed by atoms with Crippen molar-refractivity contribution in [2.75, 3.05) is 0 Å². The Morgan fingerprint density at radius 3 is 1.22 bits per heavy atom. The van der Waals surface area contributed by atoms with E-state index >= 15 is 0 Å². The molecule has 0 bridgehead atoms. The van der Waals surface area contributed by atoms with E-state index in [4.69, 9.17) is 5.11 Å². The van der Waals surface area contributed by atoms with E-state index in [-0.39, 0.29) is 0 Å². The number of phenols is 1. The van der Waals surface area contributed by atoms with Gasteiger partial charge in [-0.05, 0) is 18.6 Å². The quantitative estimate of drug-likeness (QED) is 0.712. The molecule has 1 aliphatic carbocycles. The standard InChI is InChI=1S/C6H6O.C6H6.C5H6/c7-6-4-2-1-3-5-6;1-2-4-6-5-3-1;1-2-4-5-3-1/h1-5,7H;1-6H;1-4H,5H2. The Morgan fingerprint density at radius 2 is 1.00 bits per heavy atom. The first-order chi connectivity index (χ1) is 8.89. The van der Waals surface area contributed by atoms with Gasteiger partial charge in [-0.2, -0.15) is 0 Å². The van der Waals surface area contributed by atoms with Crippen molar-refractivity contribution in [3.8, 4) is 5.75 Å². The molecule has 0 aromatic heterocycles. The third-order valence-corrected chi connectivity index (χ3v) is 2.08. The van der Waals surface area contributed by atoms with Crippen molar-refractivity contribution in [1.82, 2.24) is 0 Å². The first kappa shape index (κ1) is 13.8. The van der Waals surface area contributed by atoms with Crippen LogP contribution in [0.3, 0.4) is 0 Å². The fraction of sp³-hybridized carbons (Fsp3) is 0.0588. The zero-order valence-corrected chi connectivity index (χ0v) is 10.3. The Labute approximate surface area is 109 Å². The number of rotatable bonds is 0. The molecule has 18 heavy (non-hydrogen) atoms. The predicted molar refractivity (Wildman–Crippen MR) is 77.4 cm³/mol. The van der Waals surface area contributed by atoms with Crippen LogP contribution in [-0.4, -0.2) is 5.11 Å². The highest BCUT2D eigenvalue weighted by Crippen LogP contribution is 2.02. The summed E-state index contributed by atoms with van der Waals surface area (Å²) in [5.74, 6) is 0.322. The van der Waals surface area contributed by atoms with Crippen LogP contribution in [0.4, 0.5) is 0 Å². The van der Waals surface area contributed by atoms with Gasteiger partial charge in [-0.3, -0.25) is 0 Å². The molecule has 0 heterocycles. The molecular weight excluding hydrogens is 220 g/mol. The normalized spacial score (nSPS) is 10.9. The van der Waals surface area contributed by atoms with Crippen LogP contribution < -0.4 is 0 Å². The average Bonchev–Trinajstić information content (AvgIpc) is 3.01. The molecule has 0 amide bonds. The van der Waals surface area contributed by atoms with Crippen molar-refractivity contribution >= 4 is 0 Å². The average molecular weight is 238 g/mol. The van der Waals surface area contributed by atoms with E-state index in [2.05, 4.69) is 24.3 Å². The summed E-state index contributed by atoms with van der Waals surface area (Å²) in [6.45, 7) is 0. The number of hydrogen-bond acceptors (Lipinski definition) is 1. The molecular formula is C17H18O. The van der Waals surface area contributed by atoms with Crippen molar-refractivity contribution in [3.05, 3.63) is 91.0 Å². The molecule has 0 atom stereocenters. The smallest absolute Gasteiger partial charge is 0.115 e. The fourth-order valence-corrected chi connectivity index (χ4v) is 1.21. The summed E-state index contributed by atoms with van der Waals surface area (Å²) < 4.78 is 0. The number of allylic oxidation sites excluding steroid dienone is 4. The Hall–Kier alpha value is -2.28. The van der Waals surface area contributed by atoms with Crippen LogP contribution in [0.15, 0.2) is 91.0 Å². The van der Waals surface area contributed by atoms with Gasteiger partial charge in [-0.15, -0.1) is 0 Å². The van der Waals surface area contributed by atoms with Gasteiger partial charge in [0.15, 0.2) is 0 Å². The summed E-state index contributed by atoms with van der Waals surface area (Å²) in [5, 5.41) is 8.63. The highest BCUT2D eigenvalue weighted by molar-refractivity contribution is 5.18. The number of para-hydroxylation sites is 1. The minimum absolute atomic E-state index is 0.322. The van der Waals surface area contributed by atoms with Gasteiger partial charge in [-0.25, -0.2) is 0 Å². The van der Waals surface area contributed by atoms with Crippen LogP contribution in [0.5, 0.6) is 5.75 Å². The lowest BCUT2D eigenvalue weighted by Gasteiger charge is -1.82. The summed E-state index contributed by atoms with van der Waals surface area (Å²) in [4.78, 5) is 0. The van der Waals surface area contributed by atoms with Gasteiger partial charge in [0.1, 0.15) is 5.75 Å². The zero-order valence-electron chi connectivity index (χ0n) is 10.3. The number of benzene rings is 2. The van der Waals surface area contributed by atoms with Crippen LogP contribution in [-0.2, 0) is 0 Å². The Kier molecular flexibility index (Phi) is 7.59. The maximum Gasteiger partial charge on any atom is 0.115 e. The van der Waals surface area contributed by atoms with E-state index < -0.39 is 0 Å². The van der Waals surface area contributed by atoms with Crippen LogP contribution >= 0.6 is 0 Å². The molecule has 1 heteroatoms. The molecule has 2 aromatic rings. The molecule has 92 valence electrons. The predicted octanol–water partition coefficient (Wildman–Crippen LogP) is 4.58. The Bertz CT molecular complexity index is 407. The zero-order chi connectivity index (χ0) is 12.9. The van der Waals surface area contributed by atoms with Gasteiger partial charge in [0, 0.05) is 0 Å². The monoisotopic (exact) mass is 238 g/mol. The van der Waals surface area contributed by atoms with Crippen LogP contribution in [0.25, 0.3) is 0 Å². The molecule has 0 unspecified atom stereocenters. The maximum atomic E-state index is 8.63. The maximum absolute atomic E-state index is 8.63. The van der Waals surface area contributed by atoms with Crippen molar-refractivity contribution in [2.24, 2.45) is 0 Å². The summed E-state index contributed by atoms with van der Waals surface area (Å²) in [7, 11) is 0. The van der Waals surface area contributed by atoms with Gasteiger partial charge >= 0.3 is 0 Å². The van der Waals surface area contributed by atoms with Crippen LogP contribution in [0.1, 0.15) is 6.42 Å². The van der Waals surface area contributed by atoms with Gasteiger partial charge in [0.25, 0.3) is 0 Å². The third-order valence-electron chi connectivity index (χ3n) is 2.08. The van der Waals surface area contributed by atoms with Crippen LogP contribution in [0.2, 0.25) is 0 Å². The summed E-state index contributed by atoms with van der Waals surface area (Å²) in [6, 6.07) is 20.7. The SMILES string of the molecule is C1=CCC=C1.Oc1ccccc1.c1ccccc1. The first-order valence-corrected chi connectivity index (χ1v) is 5.95. The second-order valence-corrected chi connectivity index (χ2v) is 3.58. The number of phenolic OH excluding ortho intramolecular Hbond substituents is 1. The third kappa shape index (κ3) is 7.94. The lowest BCUT2D eigenvalue weighted by Crippen LogP contribution is -1.56. The van der Waals surface area contributed by atoms with Gasteiger partial charge < -0.3 is 5.11 Å². The highest BCUT2D eigenvalue weighted by Gasteiger charge is 1.74. The fourth-order valence-electron chi connectivity index (χ4n) is 1.21. The summed E-state index contributed by atoms with van der Waals surface area (Å²) in [5.41, 5.74) is 0. The second-order valence-electron chi connectivity index (χ2n) is 3.58. The molecule has 1 aliphatic rings. The molecule has 0 spiro atoms. The van der Waals surface area contributed by atoms with E-state index in [1.54, 1.807) is 24.3 Å². The van der Waals surface area contributed by atoms with Crippen LogP contribution in [0, 0.1) is 0 Å². The second kappa shape index (κ2) is 9.91. The molecule has 3 rings (SSSR count). The summed E-state index contributed by atoms with van der Waals surface area (Å²) in [6.07, 6.45) is 9.50. The molecule has 0 fully saturated rings. The molecule has 2 aromatic carbocycles. The van der Waals surface area contributed by atoms with E-state index in [1.165, 1.54) is 0 Å². The number of hydrogen-bond donors (Lipinski definition) is 1.